The number of benzene rings is 1. The zero-order valence-electron chi connectivity index (χ0n) is 13.2. The second-order valence-electron chi connectivity index (χ2n) is 6.72. The van der Waals surface area contributed by atoms with Crippen LogP contribution in [0.2, 0.25) is 0 Å². The minimum atomic E-state index is 0.154. The van der Waals surface area contributed by atoms with Crippen LogP contribution < -0.4 is 10.6 Å². The lowest BCUT2D eigenvalue weighted by molar-refractivity contribution is -0.118. The predicted molar refractivity (Wildman–Crippen MR) is 89.0 cm³/mol. The van der Waals surface area contributed by atoms with Crippen molar-refractivity contribution >= 4 is 11.7 Å². The fraction of sp³-hybridized carbons (Fsp3) is 0.444. The van der Waals surface area contributed by atoms with E-state index in [1.54, 1.807) is 6.20 Å². The van der Waals surface area contributed by atoms with Crippen molar-refractivity contribution in [2.45, 2.75) is 25.8 Å². The van der Waals surface area contributed by atoms with Crippen LogP contribution in [0.1, 0.15) is 24.8 Å². The fourth-order valence-corrected chi connectivity index (χ4v) is 3.73. The number of amides is 1. The molecule has 0 radical (unpaired) electrons. The van der Waals surface area contributed by atoms with Gasteiger partial charge in [0.1, 0.15) is 5.82 Å². The van der Waals surface area contributed by atoms with Gasteiger partial charge in [-0.2, -0.15) is 5.10 Å². The first-order valence-electron chi connectivity index (χ1n) is 8.34. The van der Waals surface area contributed by atoms with Gasteiger partial charge in [0.05, 0.1) is 12.7 Å². The number of piperidine rings is 1. The normalized spacial score (nSPS) is 22.0. The van der Waals surface area contributed by atoms with Crippen LogP contribution in [-0.4, -0.2) is 28.8 Å². The number of anilines is 1. The third-order valence-corrected chi connectivity index (χ3v) is 5.25. The van der Waals surface area contributed by atoms with E-state index in [-0.39, 0.29) is 17.2 Å². The molecule has 1 spiro atoms. The third-order valence-electron chi connectivity index (χ3n) is 5.25. The average Bonchev–Trinajstić information content (AvgIpc) is 3.10. The molecule has 1 aliphatic carbocycles. The minimum Gasteiger partial charge on any atom is -0.317 e. The monoisotopic (exact) mass is 310 g/mol. The van der Waals surface area contributed by atoms with Gasteiger partial charge in [0, 0.05) is 12.0 Å². The van der Waals surface area contributed by atoms with E-state index < -0.39 is 0 Å². The summed E-state index contributed by atoms with van der Waals surface area (Å²) in [5.41, 5.74) is 1.44. The molecular formula is C18H22N4O. The summed E-state index contributed by atoms with van der Waals surface area (Å²) in [5.74, 6) is 1.11. The van der Waals surface area contributed by atoms with E-state index >= 15 is 0 Å². The largest absolute Gasteiger partial charge is 0.317 e. The maximum Gasteiger partial charge on any atom is 0.229 e. The Balaban J connectivity index is 1.42. The molecule has 1 aromatic carbocycles. The number of aromatic nitrogens is 2. The van der Waals surface area contributed by atoms with E-state index in [9.17, 15) is 4.79 Å². The summed E-state index contributed by atoms with van der Waals surface area (Å²) < 4.78 is 1.85. The average molecular weight is 310 g/mol. The van der Waals surface area contributed by atoms with E-state index in [1.165, 1.54) is 5.56 Å². The highest BCUT2D eigenvalue weighted by Crippen LogP contribution is 2.58. The lowest BCUT2D eigenvalue weighted by atomic mass is 9.92. The molecule has 120 valence electrons. The molecule has 1 aliphatic heterocycles. The van der Waals surface area contributed by atoms with Crippen LogP contribution in [-0.2, 0) is 11.3 Å². The molecule has 23 heavy (non-hydrogen) atoms. The Kier molecular flexibility index (Phi) is 3.65. The van der Waals surface area contributed by atoms with E-state index in [1.807, 2.05) is 28.9 Å². The second-order valence-corrected chi connectivity index (χ2v) is 6.72. The number of nitrogens with zero attached hydrogens (tertiary/aromatic N) is 2. The maximum atomic E-state index is 12.6. The highest BCUT2D eigenvalue weighted by atomic mass is 16.2. The number of carbonyl (C=O) groups is 1. The molecule has 1 aromatic heterocycles. The summed E-state index contributed by atoms with van der Waals surface area (Å²) in [6.07, 6.45) is 5.02. The highest BCUT2D eigenvalue weighted by Gasteiger charge is 2.57. The highest BCUT2D eigenvalue weighted by molar-refractivity contribution is 5.94. The Morgan fingerprint density at radius 3 is 2.83 bits per heavy atom. The SMILES string of the molecule is O=C(Nc1ccnn1Cc1ccccc1)C1CC12CCNCC2. The smallest absolute Gasteiger partial charge is 0.229 e. The van der Waals surface area contributed by atoms with Crippen LogP contribution in [0.15, 0.2) is 42.6 Å². The first kappa shape index (κ1) is 14.5. The Morgan fingerprint density at radius 2 is 2.04 bits per heavy atom. The molecule has 2 aromatic rings. The quantitative estimate of drug-likeness (QED) is 0.911. The lowest BCUT2D eigenvalue weighted by Gasteiger charge is -2.23. The lowest BCUT2D eigenvalue weighted by Crippen LogP contribution is -2.31. The maximum absolute atomic E-state index is 12.6. The van der Waals surface area contributed by atoms with Gasteiger partial charge in [-0.1, -0.05) is 30.3 Å². The zero-order valence-corrected chi connectivity index (χ0v) is 13.2. The summed E-state index contributed by atoms with van der Waals surface area (Å²) in [6.45, 7) is 2.74. The Morgan fingerprint density at radius 1 is 1.26 bits per heavy atom. The molecule has 2 heterocycles. The van der Waals surface area contributed by atoms with Gasteiger partial charge in [-0.05, 0) is 43.3 Å². The molecule has 1 amide bonds. The molecule has 1 saturated carbocycles. The Hall–Kier alpha value is -2.14. The number of nitrogens with one attached hydrogen (secondary N) is 2. The Bertz CT molecular complexity index is 688. The van der Waals surface area contributed by atoms with Gasteiger partial charge >= 0.3 is 0 Å². The molecular weight excluding hydrogens is 288 g/mol. The van der Waals surface area contributed by atoms with Crippen LogP contribution in [0.25, 0.3) is 0 Å². The summed E-state index contributed by atoms with van der Waals surface area (Å²) in [5, 5.41) is 10.8. The van der Waals surface area contributed by atoms with Crippen molar-refractivity contribution < 1.29 is 4.79 Å². The van der Waals surface area contributed by atoms with E-state index in [4.69, 9.17) is 0 Å². The first-order chi connectivity index (χ1) is 11.3. The van der Waals surface area contributed by atoms with Gasteiger partial charge in [0.25, 0.3) is 0 Å². The number of rotatable bonds is 4. The summed E-state index contributed by atoms with van der Waals surface area (Å²) in [6, 6.07) is 12.0. The van der Waals surface area contributed by atoms with Gasteiger partial charge in [0.2, 0.25) is 5.91 Å². The second kappa shape index (κ2) is 5.81. The molecule has 5 heteroatoms. The molecule has 1 atom stereocenters. The van der Waals surface area contributed by atoms with Crippen molar-refractivity contribution in [3.8, 4) is 0 Å². The predicted octanol–water partition coefficient (Wildman–Crippen LogP) is 2.26. The van der Waals surface area contributed by atoms with Gasteiger partial charge in [-0.3, -0.25) is 4.79 Å². The molecule has 4 rings (SSSR count). The molecule has 1 unspecified atom stereocenters. The van der Waals surface area contributed by atoms with Gasteiger partial charge in [-0.25, -0.2) is 4.68 Å². The molecule has 2 fully saturated rings. The van der Waals surface area contributed by atoms with Gasteiger partial charge < -0.3 is 10.6 Å². The molecule has 2 N–H and O–H groups in total. The zero-order chi connectivity index (χ0) is 15.7. The standard InChI is InChI=1S/C18H22N4O/c23-17(15-12-18(15)7-10-19-11-8-18)21-16-6-9-20-22(16)13-14-4-2-1-3-5-14/h1-6,9,15,19H,7-8,10-13H2,(H,21,23). The Labute approximate surface area is 136 Å². The van der Waals surface area contributed by atoms with Crippen LogP contribution in [0.4, 0.5) is 5.82 Å². The van der Waals surface area contributed by atoms with Crippen LogP contribution in [0.5, 0.6) is 0 Å². The topological polar surface area (TPSA) is 59.0 Å². The van der Waals surface area contributed by atoms with Crippen LogP contribution >= 0.6 is 0 Å². The van der Waals surface area contributed by atoms with Crippen molar-refractivity contribution in [2.24, 2.45) is 11.3 Å². The van der Waals surface area contributed by atoms with E-state index in [0.29, 0.717) is 6.54 Å². The number of hydrogen-bond donors (Lipinski definition) is 2. The fourth-order valence-electron chi connectivity index (χ4n) is 3.73. The van der Waals surface area contributed by atoms with Crippen molar-refractivity contribution in [3.05, 3.63) is 48.2 Å². The first-order valence-corrected chi connectivity index (χ1v) is 8.34. The van der Waals surface area contributed by atoms with Crippen LogP contribution in [0.3, 0.4) is 0 Å². The molecule has 1 saturated heterocycles. The van der Waals surface area contributed by atoms with Crippen LogP contribution in [0, 0.1) is 11.3 Å². The van der Waals surface area contributed by atoms with Crippen molar-refractivity contribution in [2.75, 3.05) is 18.4 Å². The third kappa shape index (κ3) is 2.88. The van der Waals surface area contributed by atoms with E-state index in [2.05, 4.69) is 27.9 Å². The summed E-state index contributed by atoms with van der Waals surface area (Å²) in [4.78, 5) is 12.6. The van der Waals surface area contributed by atoms with Gasteiger partial charge in [-0.15, -0.1) is 0 Å². The van der Waals surface area contributed by atoms with Crippen molar-refractivity contribution in [3.63, 3.8) is 0 Å². The minimum absolute atomic E-state index is 0.154. The van der Waals surface area contributed by atoms with Gasteiger partial charge in [0.15, 0.2) is 0 Å². The molecule has 5 nitrogen and oxygen atoms in total. The number of hydrogen-bond acceptors (Lipinski definition) is 3. The summed E-state index contributed by atoms with van der Waals surface area (Å²) >= 11 is 0. The molecule has 2 aliphatic rings. The molecule has 0 bridgehead atoms. The number of carbonyl (C=O) groups excluding carboxylic acids is 1. The van der Waals surface area contributed by atoms with Crippen molar-refractivity contribution in [1.29, 1.82) is 0 Å². The van der Waals surface area contributed by atoms with E-state index in [0.717, 1.165) is 38.2 Å². The van der Waals surface area contributed by atoms with Crippen molar-refractivity contribution in [1.82, 2.24) is 15.1 Å². The summed E-state index contributed by atoms with van der Waals surface area (Å²) in [7, 11) is 0.